The van der Waals surface area contributed by atoms with E-state index in [1.54, 1.807) is 24.3 Å². The molecule has 0 bridgehead atoms. The average Bonchev–Trinajstić information content (AvgIpc) is 2.93. The molecular formula is C26H30Cl2N2O2. The molecule has 0 aromatic heterocycles. The van der Waals surface area contributed by atoms with E-state index in [1.165, 1.54) is 19.3 Å². The summed E-state index contributed by atoms with van der Waals surface area (Å²) < 4.78 is 0. The van der Waals surface area contributed by atoms with Crippen LogP contribution in [-0.4, -0.2) is 10.9 Å². The fraction of sp³-hybridized carbons (Fsp3) is 0.423. The molecule has 6 heteroatoms. The summed E-state index contributed by atoms with van der Waals surface area (Å²) in [5.74, 6) is 0.312. The number of Topliss-reactive ketones (excluding diaryl/α,β-unsaturated/α-hetero) is 1. The third-order valence-electron chi connectivity index (χ3n) is 6.81. The highest BCUT2D eigenvalue weighted by Gasteiger charge is 2.44. The number of fused-ring (bicyclic) bond motifs is 1. The monoisotopic (exact) mass is 472 g/mol. The first kappa shape index (κ1) is 23.0. The molecule has 3 N–H and O–H groups in total. The van der Waals surface area contributed by atoms with Crippen LogP contribution in [0.1, 0.15) is 70.4 Å². The number of aromatic hydroxyl groups is 1. The van der Waals surface area contributed by atoms with Crippen molar-refractivity contribution in [2.75, 3.05) is 10.6 Å². The van der Waals surface area contributed by atoms with Crippen LogP contribution in [0.5, 0.6) is 5.75 Å². The Morgan fingerprint density at radius 3 is 2.50 bits per heavy atom. The van der Waals surface area contributed by atoms with Crippen LogP contribution in [0.2, 0.25) is 10.0 Å². The molecule has 1 atom stereocenters. The number of carbonyl (C=O) groups excluding carboxylic acids is 1. The molecule has 4 nitrogen and oxygen atoms in total. The summed E-state index contributed by atoms with van der Waals surface area (Å²) >= 11 is 12.7. The van der Waals surface area contributed by atoms with Crippen molar-refractivity contribution in [3.63, 3.8) is 0 Å². The summed E-state index contributed by atoms with van der Waals surface area (Å²) in [5.41, 5.74) is 3.79. The minimum atomic E-state index is -0.409. The lowest BCUT2D eigenvalue weighted by Gasteiger charge is -2.42. The van der Waals surface area contributed by atoms with E-state index in [0.29, 0.717) is 27.7 Å². The van der Waals surface area contributed by atoms with E-state index in [9.17, 15) is 9.90 Å². The zero-order valence-corrected chi connectivity index (χ0v) is 20.1. The van der Waals surface area contributed by atoms with Gasteiger partial charge in [-0.25, -0.2) is 0 Å². The normalized spacial score (nSPS) is 21.4. The summed E-state index contributed by atoms with van der Waals surface area (Å²) in [5, 5.41) is 18.5. The van der Waals surface area contributed by atoms with Crippen LogP contribution in [0.25, 0.3) is 0 Å². The largest absolute Gasteiger partial charge is 0.506 e. The van der Waals surface area contributed by atoms with Crippen molar-refractivity contribution in [1.29, 1.82) is 0 Å². The number of phenols is 1. The maximum absolute atomic E-state index is 13.6. The third kappa shape index (κ3) is 4.23. The third-order valence-corrected chi connectivity index (χ3v) is 7.37. The Balaban J connectivity index is 0.00000119. The predicted octanol–water partition coefficient (Wildman–Crippen LogP) is 7.87. The minimum Gasteiger partial charge on any atom is -0.506 e. The Bertz CT molecular complexity index is 1060. The number of nitrogens with one attached hydrogen (secondary N) is 2. The van der Waals surface area contributed by atoms with Crippen LogP contribution in [0.4, 0.5) is 11.4 Å². The second kappa shape index (κ2) is 9.36. The maximum Gasteiger partial charge on any atom is 0.163 e. The van der Waals surface area contributed by atoms with E-state index in [4.69, 9.17) is 23.2 Å². The zero-order valence-electron chi connectivity index (χ0n) is 18.6. The first-order chi connectivity index (χ1) is 15.5. The van der Waals surface area contributed by atoms with E-state index in [0.717, 1.165) is 36.2 Å². The second-order valence-corrected chi connectivity index (χ2v) is 9.64. The fourth-order valence-electron chi connectivity index (χ4n) is 5.38. The lowest BCUT2D eigenvalue weighted by molar-refractivity contribution is -0.119. The van der Waals surface area contributed by atoms with Crippen molar-refractivity contribution in [2.45, 2.75) is 64.8 Å². The van der Waals surface area contributed by atoms with E-state index in [-0.39, 0.29) is 16.9 Å². The summed E-state index contributed by atoms with van der Waals surface area (Å²) in [7, 11) is 0. The Morgan fingerprint density at radius 2 is 1.78 bits per heavy atom. The zero-order chi connectivity index (χ0) is 22.9. The summed E-state index contributed by atoms with van der Waals surface area (Å²) in [6, 6.07) is 10.3. The number of ketones is 1. The molecule has 2 aromatic carbocycles. The number of rotatable bonds is 1. The molecular weight excluding hydrogens is 443 g/mol. The molecule has 1 fully saturated rings. The van der Waals surface area contributed by atoms with Crippen molar-refractivity contribution in [3.05, 3.63) is 63.3 Å². The van der Waals surface area contributed by atoms with Crippen LogP contribution in [0.15, 0.2) is 47.7 Å². The van der Waals surface area contributed by atoms with E-state index in [1.807, 2.05) is 26.0 Å². The average molecular weight is 473 g/mol. The molecule has 1 saturated carbocycles. The van der Waals surface area contributed by atoms with Crippen molar-refractivity contribution >= 4 is 40.4 Å². The number of halogens is 2. The smallest absolute Gasteiger partial charge is 0.163 e. The first-order valence-corrected chi connectivity index (χ1v) is 12.3. The molecule has 1 aliphatic heterocycles. The van der Waals surface area contributed by atoms with Gasteiger partial charge in [-0.1, -0.05) is 68.4 Å². The van der Waals surface area contributed by atoms with Gasteiger partial charge in [0.25, 0.3) is 0 Å². The van der Waals surface area contributed by atoms with Gasteiger partial charge in [-0.15, -0.1) is 0 Å². The van der Waals surface area contributed by atoms with Gasteiger partial charge in [0, 0.05) is 27.7 Å². The molecule has 0 saturated heterocycles. The predicted molar refractivity (Wildman–Crippen MR) is 133 cm³/mol. The molecule has 0 radical (unpaired) electrons. The molecule has 0 amide bonds. The number of hydrogen-bond donors (Lipinski definition) is 3. The van der Waals surface area contributed by atoms with Crippen LogP contribution < -0.4 is 10.6 Å². The lowest BCUT2D eigenvalue weighted by atomic mass is 9.64. The molecule has 3 aliphatic rings. The maximum atomic E-state index is 13.6. The van der Waals surface area contributed by atoms with Crippen molar-refractivity contribution in [2.24, 2.45) is 5.41 Å². The van der Waals surface area contributed by atoms with Gasteiger partial charge in [-0.05, 0) is 54.5 Å². The number of allylic oxidation sites excluding steroid dienone is 1. The Morgan fingerprint density at radius 1 is 1.03 bits per heavy atom. The van der Waals surface area contributed by atoms with E-state index in [2.05, 4.69) is 10.6 Å². The molecule has 1 heterocycles. The highest BCUT2D eigenvalue weighted by Crippen LogP contribution is 2.52. The van der Waals surface area contributed by atoms with Gasteiger partial charge in [0.1, 0.15) is 11.4 Å². The second-order valence-electron chi connectivity index (χ2n) is 8.80. The molecule has 170 valence electrons. The van der Waals surface area contributed by atoms with Crippen LogP contribution in [0.3, 0.4) is 0 Å². The fourth-order valence-corrected chi connectivity index (χ4v) is 5.90. The number of para-hydroxylation sites is 1. The Kier molecular flexibility index (Phi) is 6.73. The quantitative estimate of drug-likeness (QED) is 0.369. The number of benzene rings is 2. The minimum absolute atomic E-state index is 0.0183. The van der Waals surface area contributed by atoms with Gasteiger partial charge in [0.05, 0.1) is 11.7 Å². The first-order valence-electron chi connectivity index (χ1n) is 11.5. The Hall–Kier alpha value is -2.17. The standard InChI is InChI=1S/C24H24Cl2N2O2.C2H6/c25-14-7-8-15(16(26)11-14)22-21-18(28-23-17(27-22)5-4-6-19(23)29)12-24(13-20(21)30)9-2-1-3-10-24;1-2/h4-8,11,22,27-29H,1-3,9-10,12-13H2;1-2H3. The SMILES string of the molecule is CC.O=C1CC2(CCCCC2)CC2=C1C(c1ccc(Cl)cc1Cl)Nc1cccc(O)c1N2. The Labute approximate surface area is 200 Å². The van der Waals surface area contributed by atoms with Crippen LogP contribution in [-0.2, 0) is 4.79 Å². The molecule has 1 unspecified atom stereocenters. The molecule has 32 heavy (non-hydrogen) atoms. The van der Waals surface area contributed by atoms with Gasteiger partial charge >= 0.3 is 0 Å². The van der Waals surface area contributed by atoms with Gasteiger partial charge in [-0.3, -0.25) is 4.79 Å². The van der Waals surface area contributed by atoms with Gasteiger partial charge in [0.15, 0.2) is 5.78 Å². The van der Waals surface area contributed by atoms with Gasteiger partial charge < -0.3 is 15.7 Å². The van der Waals surface area contributed by atoms with Gasteiger partial charge in [0.2, 0.25) is 0 Å². The highest BCUT2D eigenvalue weighted by molar-refractivity contribution is 6.35. The molecule has 1 spiro atoms. The van der Waals surface area contributed by atoms with Crippen molar-refractivity contribution in [3.8, 4) is 5.75 Å². The van der Waals surface area contributed by atoms with Crippen molar-refractivity contribution in [1.82, 2.24) is 0 Å². The lowest BCUT2D eigenvalue weighted by Crippen LogP contribution is -2.36. The number of hydrogen-bond acceptors (Lipinski definition) is 4. The number of phenolic OH excluding ortho intramolecular Hbond substituents is 1. The molecule has 2 aromatic rings. The van der Waals surface area contributed by atoms with Crippen molar-refractivity contribution < 1.29 is 9.90 Å². The van der Waals surface area contributed by atoms with E-state index >= 15 is 0 Å². The summed E-state index contributed by atoms with van der Waals surface area (Å²) in [4.78, 5) is 13.6. The van der Waals surface area contributed by atoms with Gasteiger partial charge in [-0.2, -0.15) is 0 Å². The summed E-state index contributed by atoms with van der Waals surface area (Å²) in [6.45, 7) is 4.00. The number of anilines is 2. The highest BCUT2D eigenvalue weighted by atomic mass is 35.5. The molecule has 2 aliphatic carbocycles. The molecule has 5 rings (SSSR count). The van der Waals surface area contributed by atoms with E-state index < -0.39 is 6.04 Å². The van der Waals surface area contributed by atoms with Crippen LogP contribution in [0, 0.1) is 5.41 Å². The van der Waals surface area contributed by atoms with Crippen LogP contribution >= 0.6 is 23.2 Å². The summed E-state index contributed by atoms with van der Waals surface area (Å²) in [6.07, 6.45) is 7.11. The topological polar surface area (TPSA) is 61.4 Å². The number of carbonyl (C=O) groups is 1.